The highest BCUT2D eigenvalue weighted by molar-refractivity contribution is 6.19. The van der Waals surface area contributed by atoms with Crippen LogP contribution >= 0.6 is 0 Å². The van der Waals surface area contributed by atoms with E-state index in [9.17, 15) is 0 Å². The van der Waals surface area contributed by atoms with Crippen molar-refractivity contribution in [3.8, 4) is 39.6 Å². The fourth-order valence-corrected chi connectivity index (χ4v) is 15.4. The molecule has 0 atom stereocenters. The Hall–Kier alpha value is -12.6. The van der Waals surface area contributed by atoms with Gasteiger partial charge in [0.05, 0.1) is 90.2 Å². The molecule has 0 amide bonds. The highest BCUT2D eigenvalue weighted by atomic mass is 15.2. The lowest BCUT2D eigenvalue weighted by molar-refractivity contribution is 1.00. The molecule has 19 aromatic rings. The topological polar surface area (TPSA) is 32.2 Å². The Morgan fingerprint density at radius 1 is 0.217 bits per heavy atom. The van der Waals surface area contributed by atoms with Gasteiger partial charge in [0.2, 0.25) is 0 Å². The Bertz CT molecular complexity index is 5780. The Morgan fingerprint density at radius 3 is 0.815 bits per heavy atom. The Kier molecular flexibility index (Phi) is 11.3. The first-order valence-electron chi connectivity index (χ1n) is 31.3. The number of nitrogens with zero attached hydrogens (tertiary/aromatic N) is 7. The SMILES string of the molecule is [C-]#[N+]c1cccc(-c2c(-n3c4ccccc4c4ccccc43)c(-n3c4ccccc4c4ccccc43)c(-n3c4ccccc4c4cc(N(c5ccccc5)c5ccccc5)ccc43)c(-n3c4ccccc4c4ccccc43)c2-n2c3ccccc3c3ccccc32)c1. The van der Waals surface area contributed by atoms with Crippen molar-refractivity contribution in [2.45, 2.75) is 0 Å². The van der Waals surface area contributed by atoms with E-state index in [2.05, 4.69) is 348 Å². The predicted molar refractivity (Wildman–Crippen MR) is 385 cm³/mol. The summed E-state index contributed by atoms with van der Waals surface area (Å²) >= 11 is 0. The van der Waals surface area contributed by atoms with Crippen LogP contribution in [-0.2, 0) is 0 Å². The van der Waals surface area contributed by atoms with E-state index in [4.69, 9.17) is 6.57 Å². The number of hydrogen-bond acceptors (Lipinski definition) is 1. The smallest absolute Gasteiger partial charge is 0.187 e. The molecule has 0 N–H and O–H groups in total. The zero-order valence-corrected chi connectivity index (χ0v) is 49.7. The van der Waals surface area contributed by atoms with Crippen molar-refractivity contribution in [1.29, 1.82) is 0 Å². The van der Waals surface area contributed by atoms with Crippen molar-refractivity contribution in [2.75, 3.05) is 4.90 Å². The molecule has 7 nitrogen and oxygen atoms in total. The van der Waals surface area contributed by atoms with Gasteiger partial charge in [0, 0.05) is 76.5 Å². The summed E-state index contributed by atoms with van der Waals surface area (Å²) in [6.45, 7) is 8.81. The van der Waals surface area contributed by atoms with Gasteiger partial charge in [0.15, 0.2) is 5.69 Å². The first-order chi connectivity index (χ1) is 45.7. The van der Waals surface area contributed by atoms with Crippen molar-refractivity contribution in [2.24, 2.45) is 0 Å². The monoisotopic (exact) mass is 1170 g/mol. The molecule has 5 heterocycles. The van der Waals surface area contributed by atoms with Crippen molar-refractivity contribution >= 4 is 132 Å². The second-order valence-corrected chi connectivity index (χ2v) is 23.8. The molecule has 5 aromatic heterocycles. The molecular weight excluding hydrogens is 1120 g/mol. The van der Waals surface area contributed by atoms with E-state index >= 15 is 0 Å². The molecule has 428 valence electrons. The second kappa shape index (κ2) is 20.2. The van der Waals surface area contributed by atoms with Gasteiger partial charge >= 0.3 is 0 Å². The number of hydrogen-bond donors (Lipinski definition) is 0. The second-order valence-electron chi connectivity index (χ2n) is 23.8. The first kappa shape index (κ1) is 51.4. The molecule has 0 radical (unpaired) electrons. The molecule has 7 heteroatoms. The summed E-state index contributed by atoms with van der Waals surface area (Å²) in [5, 5.41) is 11.3. The molecule has 0 saturated carbocycles. The predicted octanol–water partition coefficient (Wildman–Crippen LogP) is 22.9. The molecule has 19 rings (SSSR count). The molecule has 14 aromatic carbocycles. The van der Waals surface area contributed by atoms with Crippen molar-refractivity contribution in [3.63, 3.8) is 0 Å². The highest BCUT2D eigenvalue weighted by Crippen LogP contribution is 2.55. The van der Waals surface area contributed by atoms with Crippen molar-refractivity contribution < 1.29 is 0 Å². The third-order valence-corrected chi connectivity index (χ3v) is 19.0. The van der Waals surface area contributed by atoms with Crippen LogP contribution in [0.15, 0.2) is 322 Å². The van der Waals surface area contributed by atoms with Gasteiger partial charge in [-0.05, 0) is 109 Å². The average molecular weight is 1170 g/mol. The van der Waals surface area contributed by atoms with Gasteiger partial charge in [0.1, 0.15) is 0 Å². The van der Waals surface area contributed by atoms with Gasteiger partial charge in [-0.25, -0.2) is 4.85 Å². The number of aromatic nitrogens is 5. The molecule has 0 unspecified atom stereocenters. The fourth-order valence-electron chi connectivity index (χ4n) is 15.4. The van der Waals surface area contributed by atoms with Gasteiger partial charge in [-0.1, -0.05) is 218 Å². The Morgan fingerprint density at radius 2 is 0.489 bits per heavy atom. The van der Waals surface area contributed by atoms with E-state index in [-0.39, 0.29) is 0 Å². The minimum Gasteiger partial charge on any atom is -0.310 e. The molecule has 0 fully saturated rings. The molecule has 0 bridgehead atoms. The minimum absolute atomic E-state index is 0.544. The number of anilines is 3. The van der Waals surface area contributed by atoms with Crippen molar-refractivity contribution in [1.82, 2.24) is 22.8 Å². The van der Waals surface area contributed by atoms with Crippen LogP contribution in [0.5, 0.6) is 0 Å². The molecule has 92 heavy (non-hydrogen) atoms. The Balaban J connectivity index is 1.16. The maximum absolute atomic E-state index is 8.81. The van der Waals surface area contributed by atoms with E-state index in [1.165, 1.54) is 0 Å². The standard InChI is InChI=1S/C85H53N7/c1-86-56-28-26-27-55(53-56)80-81(88-70-42-17-8-33-60(70)61-34-9-18-43-71(61)88)83(90-74-46-21-12-37-64(74)65-38-13-22-47-75(65)90)85(92-78-50-25-16-41-68(78)69-54-59(51-52-79(69)92)87(57-29-4-2-5-30-57)58-31-6-3-7-32-58)84(91-76-48-23-14-39-66(76)67-40-15-24-49-77(67)91)82(80)89-72-44-19-10-35-62(72)63-36-11-20-45-73(63)89/h2-54H. The fraction of sp³-hybridized carbons (Fsp3) is 0. The normalized spacial score (nSPS) is 11.9. The average Bonchev–Trinajstić information content (AvgIpc) is 1.42. The first-order valence-corrected chi connectivity index (χ1v) is 31.3. The van der Waals surface area contributed by atoms with Crippen LogP contribution in [0.3, 0.4) is 0 Å². The van der Waals surface area contributed by atoms with E-state index in [0.29, 0.717) is 5.69 Å². The van der Waals surface area contributed by atoms with Gasteiger partial charge in [-0.2, -0.15) is 0 Å². The van der Waals surface area contributed by atoms with Crippen LogP contribution in [0.1, 0.15) is 0 Å². The van der Waals surface area contributed by atoms with Gasteiger partial charge in [-0.3, -0.25) is 0 Å². The van der Waals surface area contributed by atoms with Crippen molar-refractivity contribution in [3.05, 3.63) is 333 Å². The maximum Gasteiger partial charge on any atom is 0.187 e. The maximum atomic E-state index is 8.81. The number of rotatable bonds is 9. The largest absolute Gasteiger partial charge is 0.310 e. The van der Waals surface area contributed by atoms with Crippen LogP contribution in [-0.4, -0.2) is 22.8 Å². The van der Waals surface area contributed by atoms with E-state index in [0.717, 1.165) is 166 Å². The third-order valence-electron chi connectivity index (χ3n) is 19.0. The van der Waals surface area contributed by atoms with E-state index < -0.39 is 0 Å². The number of benzene rings is 14. The molecule has 0 saturated heterocycles. The third kappa shape index (κ3) is 7.37. The molecule has 0 aliphatic carbocycles. The van der Waals surface area contributed by atoms with Gasteiger partial charge < -0.3 is 27.7 Å². The summed E-state index contributed by atoms with van der Waals surface area (Å²) in [7, 11) is 0. The molecule has 0 aliphatic heterocycles. The summed E-state index contributed by atoms with van der Waals surface area (Å²) in [6.07, 6.45) is 0. The zero-order valence-electron chi connectivity index (χ0n) is 49.7. The van der Waals surface area contributed by atoms with Crippen LogP contribution in [0.25, 0.3) is 153 Å². The quantitative estimate of drug-likeness (QED) is 0.133. The van der Waals surface area contributed by atoms with E-state index in [1.54, 1.807) is 0 Å². The summed E-state index contributed by atoms with van der Waals surface area (Å²) < 4.78 is 12.9. The Labute approximate surface area is 529 Å². The van der Waals surface area contributed by atoms with Crippen LogP contribution in [0.4, 0.5) is 22.7 Å². The number of para-hydroxylation sites is 11. The molecule has 0 aliphatic rings. The molecule has 0 spiro atoms. The van der Waals surface area contributed by atoms with Gasteiger partial charge in [-0.15, -0.1) is 0 Å². The summed E-state index contributed by atoms with van der Waals surface area (Å²) in [6, 6.07) is 117. The van der Waals surface area contributed by atoms with Gasteiger partial charge in [0.25, 0.3) is 0 Å². The summed E-state index contributed by atoms with van der Waals surface area (Å²) in [4.78, 5) is 6.62. The van der Waals surface area contributed by atoms with E-state index in [1.807, 2.05) is 6.07 Å². The van der Waals surface area contributed by atoms with Crippen LogP contribution < -0.4 is 4.90 Å². The number of fused-ring (bicyclic) bond motifs is 15. The summed E-state index contributed by atoms with van der Waals surface area (Å²) in [5.74, 6) is 0. The molecular formula is C85H53N7. The zero-order chi connectivity index (χ0) is 60.5. The lowest BCUT2D eigenvalue weighted by atomic mass is 9.94. The summed E-state index contributed by atoms with van der Waals surface area (Å²) in [5.41, 5.74) is 20.8. The highest BCUT2D eigenvalue weighted by Gasteiger charge is 2.37. The van der Waals surface area contributed by atoms with Crippen LogP contribution in [0, 0.1) is 6.57 Å². The minimum atomic E-state index is 0.544. The lowest BCUT2D eigenvalue weighted by Crippen LogP contribution is -2.18. The lowest BCUT2D eigenvalue weighted by Gasteiger charge is -2.32. The van der Waals surface area contributed by atoms with Crippen LogP contribution in [0.2, 0.25) is 0 Å².